The number of carbonyl (C=O) groups excluding carboxylic acids is 3. The van der Waals surface area contributed by atoms with Crippen LogP contribution < -0.4 is 0 Å². The minimum atomic E-state index is -0.436. The Labute approximate surface area is 252 Å². The zero-order chi connectivity index (χ0) is 29.9. The number of allylic oxidation sites excluding steroid dienone is 4. The van der Waals surface area contributed by atoms with Gasteiger partial charge in [-0.15, -0.1) is 0 Å². The van der Waals surface area contributed by atoms with Crippen molar-refractivity contribution >= 4 is 17.5 Å². The Morgan fingerprint density at radius 3 is 2.33 bits per heavy atom. The van der Waals surface area contributed by atoms with Gasteiger partial charge >= 0.3 is 0 Å². The lowest BCUT2D eigenvalue weighted by Gasteiger charge is -2.69. The number of ketones is 2. The summed E-state index contributed by atoms with van der Waals surface area (Å²) < 4.78 is 0. The molecule has 5 fully saturated rings. The van der Waals surface area contributed by atoms with Crippen LogP contribution in [0, 0.1) is 61.6 Å². The number of hydrogen-bond donors (Lipinski definition) is 0. The summed E-state index contributed by atoms with van der Waals surface area (Å²) in [5.41, 5.74) is 0.584. The van der Waals surface area contributed by atoms with Gasteiger partial charge in [-0.3, -0.25) is 14.4 Å². The van der Waals surface area contributed by atoms with Gasteiger partial charge in [-0.2, -0.15) is 5.26 Å². The van der Waals surface area contributed by atoms with E-state index in [4.69, 9.17) is 0 Å². The molecular weight excluding hydrogens is 520 g/mol. The van der Waals surface area contributed by atoms with Crippen LogP contribution in [0.1, 0.15) is 118 Å². The van der Waals surface area contributed by atoms with Crippen molar-refractivity contribution in [2.24, 2.45) is 50.2 Å². The van der Waals surface area contributed by atoms with Crippen molar-refractivity contribution in [3.8, 4) is 6.07 Å². The van der Waals surface area contributed by atoms with Gasteiger partial charge in [0.1, 0.15) is 6.07 Å². The average molecular weight is 571 g/mol. The Morgan fingerprint density at radius 1 is 0.976 bits per heavy atom. The first-order valence-electron chi connectivity index (χ1n) is 17.0. The molecule has 6 aliphatic carbocycles. The molecule has 5 heteroatoms. The molecule has 1 unspecified atom stereocenters. The minimum absolute atomic E-state index is 0.0406. The smallest absolute Gasteiger partial charge is 0.222 e. The van der Waals surface area contributed by atoms with E-state index in [1.165, 1.54) is 5.57 Å². The molecule has 1 heterocycles. The third kappa shape index (κ3) is 3.62. The van der Waals surface area contributed by atoms with Crippen LogP contribution in [0.25, 0.3) is 0 Å². The van der Waals surface area contributed by atoms with E-state index in [-0.39, 0.29) is 51.0 Å². The van der Waals surface area contributed by atoms with E-state index in [2.05, 4.69) is 45.6 Å². The molecule has 7 rings (SSSR count). The Hall–Kier alpha value is -2.22. The highest BCUT2D eigenvalue weighted by Gasteiger charge is 2.72. The van der Waals surface area contributed by atoms with Crippen molar-refractivity contribution in [2.75, 3.05) is 13.1 Å². The second-order valence-electron chi connectivity index (χ2n) is 17.1. The van der Waals surface area contributed by atoms with Crippen LogP contribution in [0.3, 0.4) is 0 Å². The summed E-state index contributed by atoms with van der Waals surface area (Å²) in [5.74, 6) is 1.06. The topological polar surface area (TPSA) is 78.2 Å². The van der Waals surface area contributed by atoms with Crippen molar-refractivity contribution < 1.29 is 14.4 Å². The van der Waals surface area contributed by atoms with Gasteiger partial charge in [0.25, 0.3) is 0 Å². The lowest BCUT2D eigenvalue weighted by Crippen LogP contribution is -2.64. The summed E-state index contributed by atoms with van der Waals surface area (Å²) >= 11 is 0. The molecule has 7 atom stereocenters. The molecule has 0 aromatic rings. The van der Waals surface area contributed by atoms with Crippen molar-refractivity contribution in [2.45, 2.75) is 118 Å². The highest BCUT2D eigenvalue weighted by Crippen LogP contribution is 2.77. The van der Waals surface area contributed by atoms with Crippen LogP contribution in [-0.2, 0) is 14.4 Å². The van der Waals surface area contributed by atoms with E-state index in [1.54, 1.807) is 0 Å². The Kier molecular flexibility index (Phi) is 6.06. The molecule has 1 saturated heterocycles. The SMILES string of the molecule is CC1(C)CC[C@]2(CCC(=O)N3CCCC3)CC[C@]3(C)[C@H](C(=O)C=C4[C@@]5(C)C=C(C#N)C(=O)C6(CC6)[C@@H]5CC[C@]43C)C2C1. The van der Waals surface area contributed by atoms with Crippen molar-refractivity contribution in [3.05, 3.63) is 23.3 Å². The molecular formula is C37H50N2O3. The first kappa shape index (κ1) is 28.5. The molecule has 0 radical (unpaired) electrons. The predicted molar refractivity (Wildman–Crippen MR) is 162 cm³/mol. The summed E-state index contributed by atoms with van der Waals surface area (Å²) in [6.45, 7) is 13.6. The zero-order valence-electron chi connectivity index (χ0n) is 26.6. The highest BCUT2D eigenvalue weighted by molar-refractivity contribution is 6.06. The van der Waals surface area contributed by atoms with Crippen molar-refractivity contribution in [1.29, 1.82) is 5.26 Å². The molecule has 1 amide bonds. The zero-order valence-corrected chi connectivity index (χ0v) is 26.6. The lowest BCUT2D eigenvalue weighted by atomic mass is 9.34. The van der Waals surface area contributed by atoms with E-state index in [0.29, 0.717) is 17.9 Å². The number of amides is 1. The second-order valence-corrected chi connectivity index (χ2v) is 17.1. The van der Waals surface area contributed by atoms with Gasteiger partial charge < -0.3 is 4.90 Å². The minimum Gasteiger partial charge on any atom is -0.343 e. The van der Waals surface area contributed by atoms with Gasteiger partial charge in [-0.1, -0.05) is 46.3 Å². The van der Waals surface area contributed by atoms with Crippen molar-refractivity contribution in [1.82, 2.24) is 4.90 Å². The molecule has 226 valence electrons. The summed E-state index contributed by atoms with van der Waals surface area (Å²) in [6, 6.07) is 2.26. The largest absolute Gasteiger partial charge is 0.343 e. The van der Waals surface area contributed by atoms with Gasteiger partial charge in [0.05, 0.1) is 5.57 Å². The molecule has 5 nitrogen and oxygen atoms in total. The fraction of sp³-hybridized carbons (Fsp3) is 0.784. The van der Waals surface area contributed by atoms with Gasteiger partial charge in [-0.25, -0.2) is 0 Å². The third-order valence-electron chi connectivity index (χ3n) is 14.8. The van der Waals surface area contributed by atoms with Gasteiger partial charge in [0.2, 0.25) is 5.91 Å². The van der Waals surface area contributed by atoms with E-state index in [9.17, 15) is 19.6 Å². The van der Waals surface area contributed by atoms with Crippen LogP contribution in [0.4, 0.5) is 0 Å². The quantitative estimate of drug-likeness (QED) is 0.355. The lowest BCUT2D eigenvalue weighted by molar-refractivity contribution is -0.172. The molecule has 0 aromatic heterocycles. The Morgan fingerprint density at radius 2 is 1.67 bits per heavy atom. The molecule has 0 aromatic carbocycles. The van der Waals surface area contributed by atoms with Crippen LogP contribution in [0.15, 0.2) is 23.3 Å². The highest BCUT2D eigenvalue weighted by atomic mass is 16.2. The number of nitrogens with zero attached hydrogens (tertiary/aromatic N) is 2. The molecule has 0 N–H and O–H groups in total. The van der Waals surface area contributed by atoms with Crippen LogP contribution in [-0.4, -0.2) is 35.5 Å². The van der Waals surface area contributed by atoms with Crippen LogP contribution in [0.2, 0.25) is 0 Å². The van der Waals surface area contributed by atoms with E-state index < -0.39 is 10.8 Å². The fourth-order valence-electron chi connectivity index (χ4n) is 12.0. The van der Waals surface area contributed by atoms with Gasteiger partial charge in [0.15, 0.2) is 11.6 Å². The molecule has 1 spiro atoms. The van der Waals surface area contributed by atoms with Gasteiger partial charge in [0, 0.05) is 36.3 Å². The monoisotopic (exact) mass is 570 g/mol. The average Bonchev–Trinajstić information content (AvgIpc) is 3.53. The molecule has 4 saturated carbocycles. The number of nitriles is 1. The summed E-state index contributed by atoms with van der Waals surface area (Å²) in [6.07, 6.45) is 16.9. The fourth-order valence-corrected chi connectivity index (χ4v) is 12.0. The van der Waals surface area contributed by atoms with E-state index in [1.807, 2.05) is 12.2 Å². The van der Waals surface area contributed by atoms with E-state index >= 15 is 0 Å². The van der Waals surface area contributed by atoms with Crippen LogP contribution >= 0.6 is 0 Å². The standard InChI is InChI=1S/C37H50N2O3/c1-32(2)12-14-36(11-9-29(41)39-18-6-7-19-39)15-13-35(5)30(25(36)22-32)26(40)20-28-33(3)21-24(23-38)31(42)37(16-17-37)27(33)8-10-34(28,35)4/h20-21,25,27,30H,6-19,22H2,1-5H3/t25?,27-,30+,33+,34-,35-,36-/m1/s1. The molecule has 1 aliphatic heterocycles. The second kappa shape index (κ2) is 8.92. The first-order valence-corrected chi connectivity index (χ1v) is 17.0. The molecule has 42 heavy (non-hydrogen) atoms. The summed E-state index contributed by atoms with van der Waals surface area (Å²) in [5, 5.41) is 9.99. The third-order valence-corrected chi connectivity index (χ3v) is 14.8. The number of rotatable bonds is 3. The maximum Gasteiger partial charge on any atom is 0.222 e. The van der Waals surface area contributed by atoms with Crippen LogP contribution in [0.5, 0.6) is 0 Å². The Bertz CT molecular complexity index is 1350. The molecule has 0 bridgehead atoms. The normalized spacial score (nSPS) is 44.7. The number of Topliss-reactive ketones (excluding diaryl/α,β-unsaturated/α-hetero) is 1. The predicted octanol–water partition coefficient (Wildman–Crippen LogP) is 7.36. The maximum atomic E-state index is 14.7. The Balaban J connectivity index is 1.29. The number of carbonyl (C=O) groups is 3. The number of hydrogen-bond acceptors (Lipinski definition) is 4. The van der Waals surface area contributed by atoms with E-state index in [0.717, 1.165) is 90.1 Å². The van der Waals surface area contributed by atoms with Crippen molar-refractivity contribution in [3.63, 3.8) is 0 Å². The first-order chi connectivity index (χ1) is 19.8. The summed E-state index contributed by atoms with van der Waals surface area (Å²) in [7, 11) is 0. The van der Waals surface area contributed by atoms with Gasteiger partial charge in [-0.05, 0) is 117 Å². The maximum absolute atomic E-state index is 14.7. The molecule has 7 aliphatic rings. The number of fused-ring (bicyclic) bond motifs is 8. The number of likely N-dealkylation sites (tertiary alicyclic amines) is 1. The summed E-state index contributed by atoms with van der Waals surface area (Å²) in [4.78, 5) is 43.4.